The van der Waals surface area contributed by atoms with Gasteiger partial charge in [-0.05, 0) is 25.0 Å². The van der Waals surface area contributed by atoms with Gasteiger partial charge in [-0.3, -0.25) is 19.8 Å². The molecule has 1 saturated heterocycles. The molecule has 0 aliphatic carbocycles. The molecule has 3 rings (SSSR count). The van der Waals surface area contributed by atoms with Crippen LogP contribution in [0.1, 0.15) is 36.0 Å². The molecule has 1 aromatic carbocycles. The van der Waals surface area contributed by atoms with Crippen LogP contribution in [0.15, 0.2) is 24.3 Å². The first-order valence-electron chi connectivity index (χ1n) is 9.99. The zero-order valence-corrected chi connectivity index (χ0v) is 17.9. The van der Waals surface area contributed by atoms with Crippen molar-refractivity contribution in [3.63, 3.8) is 0 Å². The molecule has 166 valence electrons. The molecule has 11 heteroatoms. The number of Topliss-reactive ketones (excluding diaryl/α,β-unsaturated/α-hetero) is 1. The minimum absolute atomic E-state index is 0.0897. The van der Waals surface area contributed by atoms with Crippen LogP contribution in [0.25, 0.3) is 10.2 Å². The molecule has 0 spiro atoms. The molecule has 2 aromatic rings. The second kappa shape index (κ2) is 9.84. The molecule has 0 saturated carbocycles. The molecule has 0 radical (unpaired) electrons. The molecule has 1 aliphatic rings. The maximum atomic E-state index is 13.2. The number of likely N-dealkylation sites (tertiary alicyclic amines) is 1. The summed E-state index contributed by atoms with van der Waals surface area (Å²) in [6.07, 6.45) is 0.123. The summed E-state index contributed by atoms with van der Waals surface area (Å²) in [6.45, 7) is 1.80. The average molecular weight is 447 g/mol. The number of β-amino-alcohol motifs (C(OH)–C–C–N with tert-alkyl or cyclic N) is 1. The lowest BCUT2D eigenvalue weighted by Crippen LogP contribution is -2.50. The minimum atomic E-state index is -0.853. The zero-order valence-electron chi connectivity index (χ0n) is 17.1. The van der Waals surface area contributed by atoms with Crippen LogP contribution in [0.3, 0.4) is 0 Å². The van der Waals surface area contributed by atoms with E-state index in [4.69, 9.17) is 11.1 Å². The van der Waals surface area contributed by atoms with Gasteiger partial charge in [0.05, 0.1) is 22.4 Å². The molecule has 2 heterocycles. The maximum absolute atomic E-state index is 13.2. The summed E-state index contributed by atoms with van der Waals surface area (Å²) >= 11 is 1.26. The Labute approximate surface area is 183 Å². The number of carbonyl (C=O) groups is 3. The first-order valence-corrected chi connectivity index (χ1v) is 10.8. The number of hydrogen-bond donors (Lipinski definition) is 5. The van der Waals surface area contributed by atoms with Crippen molar-refractivity contribution in [3.05, 3.63) is 29.3 Å². The lowest BCUT2D eigenvalue weighted by atomic mass is 10.1. The number of nitrogens with one attached hydrogen (secondary N) is 3. The Morgan fingerprint density at radius 1 is 1.39 bits per heavy atom. The third kappa shape index (κ3) is 5.56. The lowest BCUT2D eigenvalue weighted by Gasteiger charge is -2.24. The van der Waals surface area contributed by atoms with Crippen LogP contribution < -0.4 is 16.4 Å². The third-order valence-corrected chi connectivity index (χ3v) is 6.16. The van der Waals surface area contributed by atoms with E-state index in [9.17, 15) is 19.5 Å². The van der Waals surface area contributed by atoms with Gasteiger partial charge in [-0.1, -0.05) is 12.1 Å². The fraction of sp³-hybridized carbons (Fsp3) is 0.450. The quantitative estimate of drug-likeness (QED) is 0.168. The van der Waals surface area contributed by atoms with Crippen molar-refractivity contribution in [1.82, 2.24) is 20.5 Å². The van der Waals surface area contributed by atoms with E-state index in [-0.39, 0.29) is 30.6 Å². The number of guanidine groups is 1. The summed E-state index contributed by atoms with van der Waals surface area (Å²) in [5.74, 6) is -1.28. The van der Waals surface area contributed by atoms with Crippen molar-refractivity contribution >= 4 is 45.1 Å². The molecule has 0 bridgehead atoms. The molecule has 2 amide bonds. The number of amides is 2. The predicted octanol–water partition coefficient (Wildman–Crippen LogP) is 0.209. The molecular formula is C20H26N6O4S. The molecule has 10 nitrogen and oxygen atoms in total. The van der Waals surface area contributed by atoms with Crippen molar-refractivity contribution in [2.75, 3.05) is 13.1 Å². The topological polar surface area (TPSA) is 162 Å². The van der Waals surface area contributed by atoms with E-state index < -0.39 is 24.1 Å². The number of aromatic nitrogens is 1. The Morgan fingerprint density at radius 2 is 2.13 bits per heavy atom. The van der Waals surface area contributed by atoms with Crippen molar-refractivity contribution in [3.8, 4) is 0 Å². The van der Waals surface area contributed by atoms with Gasteiger partial charge in [0.25, 0.3) is 0 Å². The van der Waals surface area contributed by atoms with Crippen LogP contribution in [0.5, 0.6) is 0 Å². The number of fused-ring (bicyclic) bond motifs is 1. The number of carbonyl (C=O) groups excluding carboxylic acids is 3. The number of rotatable bonds is 8. The van der Waals surface area contributed by atoms with E-state index in [2.05, 4.69) is 15.6 Å². The smallest absolute Gasteiger partial charge is 0.243 e. The molecule has 1 unspecified atom stereocenters. The van der Waals surface area contributed by atoms with E-state index in [0.29, 0.717) is 29.9 Å². The number of benzene rings is 1. The van der Waals surface area contributed by atoms with E-state index in [0.717, 1.165) is 4.70 Å². The summed E-state index contributed by atoms with van der Waals surface area (Å²) in [6, 6.07) is 5.71. The van der Waals surface area contributed by atoms with Gasteiger partial charge in [-0.2, -0.15) is 0 Å². The Balaban J connectivity index is 1.76. The van der Waals surface area contributed by atoms with Crippen LogP contribution in [0, 0.1) is 5.41 Å². The fourth-order valence-corrected chi connectivity index (χ4v) is 4.56. The number of para-hydroxylation sites is 1. The minimum Gasteiger partial charge on any atom is -0.391 e. The highest BCUT2D eigenvalue weighted by Gasteiger charge is 2.39. The highest BCUT2D eigenvalue weighted by Crippen LogP contribution is 2.24. The molecule has 6 N–H and O–H groups in total. The molecule has 1 aliphatic heterocycles. The SMILES string of the molecule is CC(=O)N1CC(O)C[C@H]1C(=O)N[C@@H](CCCNC(=N)N)C(=O)c1nc2ccccc2s1. The summed E-state index contributed by atoms with van der Waals surface area (Å²) in [7, 11) is 0. The van der Waals surface area contributed by atoms with Gasteiger partial charge < -0.3 is 26.4 Å². The summed E-state index contributed by atoms with van der Waals surface area (Å²) in [4.78, 5) is 43.6. The van der Waals surface area contributed by atoms with Crippen molar-refractivity contribution in [1.29, 1.82) is 5.41 Å². The summed E-state index contributed by atoms with van der Waals surface area (Å²) in [5, 5.41) is 22.9. The normalized spacial score (nSPS) is 19.2. The second-order valence-electron chi connectivity index (χ2n) is 7.47. The Kier molecular flexibility index (Phi) is 7.18. The first-order chi connectivity index (χ1) is 14.8. The maximum Gasteiger partial charge on any atom is 0.243 e. The number of hydrogen-bond acceptors (Lipinski definition) is 7. The number of nitrogens with zero attached hydrogens (tertiary/aromatic N) is 2. The van der Waals surface area contributed by atoms with Crippen LogP contribution in [0.4, 0.5) is 0 Å². The Morgan fingerprint density at radius 3 is 2.81 bits per heavy atom. The fourth-order valence-electron chi connectivity index (χ4n) is 3.60. The third-order valence-electron chi connectivity index (χ3n) is 5.11. The first kappa shape index (κ1) is 22.6. The Hall–Kier alpha value is -3.05. The standard InChI is InChI=1S/C20H26N6O4S/c1-11(27)26-10-12(28)9-15(26)18(30)24-14(6-4-8-23-20(21)22)17(29)19-25-13-5-2-3-7-16(13)31-19/h2-3,5,7,12,14-15,28H,4,6,8-10H2,1H3,(H,24,30)(H4,21,22,23)/t12?,14-,15-/m0/s1. The molecule has 1 fully saturated rings. The predicted molar refractivity (Wildman–Crippen MR) is 117 cm³/mol. The van der Waals surface area contributed by atoms with Gasteiger partial charge in [0.2, 0.25) is 17.6 Å². The second-order valence-corrected chi connectivity index (χ2v) is 8.50. The monoisotopic (exact) mass is 446 g/mol. The summed E-state index contributed by atoms with van der Waals surface area (Å²) < 4.78 is 0.871. The van der Waals surface area contributed by atoms with Crippen LogP contribution >= 0.6 is 11.3 Å². The van der Waals surface area contributed by atoms with Gasteiger partial charge in [0, 0.05) is 26.4 Å². The summed E-state index contributed by atoms with van der Waals surface area (Å²) in [5.41, 5.74) is 6.00. The largest absolute Gasteiger partial charge is 0.391 e. The van der Waals surface area contributed by atoms with Crippen LogP contribution in [0.2, 0.25) is 0 Å². The van der Waals surface area contributed by atoms with Crippen molar-refractivity contribution in [2.24, 2.45) is 5.73 Å². The van der Waals surface area contributed by atoms with Crippen molar-refractivity contribution < 1.29 is 19.5 Å². The van der Waals surface area contributed by atoms with E-state index >= 15 is 0 Å². The Bertz CT molecular complexity index is 960. The van der Waals surface area contributed by atoms with E-state index in [1.165, 1.54) is 23.2 Å². The average Bonchev–Trinajstić information content (AvgIpc) is 3.33. The van der Waals surface area contributed by atoms with Gasteiger partial charge >= 0.3 is 0 Å². The van der Waals surface area contributed by atoms with Gasteiger partial charge in [0.15, 0.2) is 11.0 Å². The van der Waals surface area contributed by atoms with Crippen LogP contribution in [-0.2, 0) is 9.59 Å². The van der Waals surface area contributed by atoms with Gasteiger partial charge in [-0.25, -0.2) is 4.98 Å². The number of aliphatic hydroxyl groups is 1. The number of aliphatic hydroxyl groups excluding tert-OH is 1. The highest BCUT2D eigenvalue weighted by molar-refractivity contribution is 7.20. The van der Waals surface area contributed by atoms with E-state index in [1.54, 1.807) is 0 Å². The van der Waals surface area contributed by atoms with Crippen molar-refractivity contribution in [2.45, 2.75) is 44.4 Å². The zero-order chi connectivity index (χ0) is 22.5. The van der Waals surface area contributed by atoms with Gasteiger partial charge in [0.1, 0.15) is 6.04 Å². The molecule has 1 aromatic heterocycles. The highest BCUT2D eigenvalue weighted by atomic mass is 32.1. The number of ketones is 1. The molecular weight excluding hydrogens is 420 g/mol. The number of nitrogens with two attached hydrogens (primary N) is 1. The molecule has 3 atom stereocenters. The molecule has 31 heavy (non-hydrogen) atoms. The number of thiazole rings is 1. The van der Waals surface area contributed by atoms with Gasteiger partial charge in [-0.15, -0.1) is 11.3 Å². The lowest BCUT2D eigenvalue weighted by molar-refractivity contribution is -0.137. The van der Waals surface area contributed by atoms with E-state index in [1.807, 2.05) is 24.3 Å². The van der Waals surface area contributed by atoms with Crippen LogP contribution in [-0.4, -0.2) is 69.8 Å².